The van der Waals surface area contributed by atoms with Crippen molar-refractivity contribution in [2.75, 3.05) is 33.5 Å². The van der Waals surface area contributed by atoms with Crippen molar-refractivity contribution in [1.29, 1.82) is 0 Å². The van der Waals surface area contributed by atoms with Gasteiger partial charge in [-0.05, 0) is 6.07 Å². The number of nitrogens with one attached hydrogen (secondary N) is 2. The predicted molar refractivity (Wildman–Crippen MR) is 86.5 cm³/mol. The van der Waals surface area contributed by atoms with Crippen LogP contribution in [0.4, 0.5) is 11.4 Å². The van der Waals surface area contributed by atoms with Crippen LogP contribution in [0.1, 0.15) is 0 Å². The zero-order valence-electron chi connectivity index (χ0n) is 13.2. The molecule has 1 unspecified atom stereocenters. The van der Waals surface area contributed by atoms with Gasteiger partial charge < -0.3 is 35.0 Å². The van der Waals surface area contributed by atoms with Gasteiger partial charge in [0.15, 0.2) is 5.71 Å². The van der Waals surface area contributed by atoms with E-state index in [0.717, 1.165) is 0 Å². The molecule has 0 fully saturated rings. The molecule has 1 atom stereocenters. The first-order valence-corrected chi connectivity index (χ1v) is 7.69. The maximum Gasteiger partial charge on any atom is 0.200 e. The van der Waals surface area contributed by atoms with E-state index in [2.05, 4.69) is 74.5 Å². The number of nitrogens with zero attached hydrogens (tertiary/aromatic N) is 1. The second kappa shape index (κ2) is 7.55. The van der Waals surface area contributed by atoms with Crippen LogP contribution in [0.2, 0.25) is 0 Å². The number of benzene rings is 1. The molecule has 0 spiro atoms. The zero-order valence-corrected chi connectivity index (χ0v) is 15.5. The number of rotatable bonds is 1. The summed E-state index contributed by atoms with van der Waals surface area (Å²) in [5.41, 5.74) is 3.81. The maximum atomic E-state index is 3.61. The number of allylic oxidation sites excluding steroid dienone is 2. The van der Waals surface area contributed by atoms with E-state index >= 15 is 0 Å². The second-order valence-electron chi connectivity index (χ2n) is 5.66. The number of thioether (sulfide) groups is 1. The molecule has 1 aliphatic heterocycles. The third-order valence-corrected chi connectivity index (χ3v) is 4.84. The van der Waals surface area contributed by atoms with Gasteiger partial charge >= 0.3 is 0 Å². The standard InChI is InChI=1S/C16H20N3S.2ClH/c1-18(2)11-5-7-13-15(9-11)20-16-10-12(19(3)4)6-8-14(16)17-13;;/h5-10,13,17H,1-4H3;2*1H/q+1;;/p-1. The number of quaternary nitrogens is 1. The minimum Gasteiger partial charge on any atom is -1.00 e. The maximum absolute atomic E-state index is 3.61. The highest BCUT2D eigenvalue weighted by Gasteiger charge is 2.26. The fourth-order valence-electron chi connectivity index (χ4n) is 2.40. The molecule has 1 aromatic rings. The van der Waals surface area contributed by atoms with Crippen molar-refractivity contribution in [3.8, 4) is 0 Å². The number of halogens is 2. The molecular formula is C16H21Cl2N3S. The van der Waals surface area contributed by atoms with Gasteiger partial charge in [0.25, 0.3) is 0 Å². The molecule has 1 heterocycles. The summed E-state index contributed by atoms with van der Waals surface area (Å²) in [5.74, 6) is 0. The van der Waals surface area contributed by atoms with Crippen LogP contribution in [0.25, 0.3) is 0 Å². The highest BCUT2D eigenvalue weighted by atomic mass is 35.5. The predicted octanol–water partition coefficient (Wildman–Crippen LogP) is -4.48. The van der Waals surface area contributed by atoms with Crippen LogP contribution < -0.4 is 35.0 Å². The van der Waals surface area contributed by atoms with Gasteiger partial charge in [-0.15, -0.1) is 0 Å². The lowest BCUT2D eigenvalue weighted by Crippen LogP contribution is -3.00. The molecule has 0 bridgehead atoms. The normalized spacial score (nSPS) is 18.3. The summed E-state index contributed by atoms with van der Waals surface area (Å²) in [6.45, 7) is 0. The molecule has 3 rings (SSSR count). The first kappa shape index (κ1) is 19.1. The Morgan fingerprint density at radius 2 is 1.91 bits per heavy atom. The van der Waals surface area contributed by atoms with Crippen molar-refractivity contribution < 1.29 is 34.3 Å². The van der Waals surface area contributed by atoms with Gasteiger partial charge in [0.05, 0.1) is 20.1 Å². The summed E-state index contributed by atoms with van der Waals surface area (Å²) in [5, 5.41) is 3.61. The molecule has 1 aliphatic carbocycles. The van der Waals surface area contributed by atoms with E-state index in [0.29, 0.717) is 6.04 Å². The quantitative estimate of drug-likeness (QED) is 0.494. The molecule has 0 saturated carbocycles. The number of hydrogen-bond donors (Lipinski definition) is 2. The molecular weight excluding hydrogens is 337 g/mol. The summed E-state index contributed by atoms with van der Waals surface area (Å²) >= 11 is 1.88. The topological polar surface area (TPSA) is 19.5 Å². The fraction of sp³-hybridized carbons (Fsp3) is 0.312. The summed E-state index contributed by atoms with van der Waals surface area (Å²) in [7, 11) is 8.48. The van der Waals surface area contributed by atoms with Crippen LogP contribution in [0.3, 0.4) is 0 Å². The van der Waals surface area contributed by atoms with Crippen LogP contribution in [-0.4, -0.2) is 44.5 Å². The van der Waals surface area contributed by atoms with E-state index in [1.54, 1.807) is 0 Å². The van der Waals surface area contributed by atoms with Crippen LogP contribution in [0, 0.1) is 0 Å². The van der Waals surface area contributed by atoms with Crippen molar-refractivity contribution >= 4 is 28.8 Å². The van der Waals surface area contributed by atoms with Gasteiger partial charge in [-0.2, -0.15) is 0 Å². The monoisotopic (exact) mass is 357 g/mol. The number of fused-ring (bicyclic) bond motifs is 2. The Morgan fingerprint density at radius 3 is 2.55 bits per heavy atom. The van der Waals surface area contributed by atoms with E-state index in [4.69, 9.17) is 0 Å². The molecule has 2 N–H and O–H groups in total. The van der Waals surface area contributed by atoms with Crippen LogP contribution in [0.15, 0.2) is 46.2 Å². The molecule has 0 saturated heterocycles. The lowest BCUT2D eigenvalue weighted by molar-refractivity contribution is -0.786. The van der Waals surface area contributed by atoms with Crippen molar-refractivity contribution in [2.24, 2.45) is 0 Å². The Bertz CT molecular complexity index is 647. The summed E-state index contributed by atoms with van der Waals surface area (Å²) < 4.78 is 2.15. The minimum atomic E-state index is 0. The SMILES string of the molecule is C[N+](C)=C1C=CC2Nc3ccc([NH+](C)C)cc3SC2=C1.[Cl-].[Cl-]. The third-order valence-electron chi connectivity index (χ3n) is 3.67. The Hall–Kier alpha value is -0.940. The van der Waals surface area contributed by atoms with Crippen LogP contribution in [-0.2, 0) is 0 Å². The molecule has 2 aliphatic rings. The molecule has 120 valence electrons. The average Bonchev–Trinajstić information content (AvgIpc) is 2.43. The van der Waals surface area contributed by atoms with E-state index in [9.17, 15) is 0 Å². The van der Waals surface area contributed by atoms with Gasteiger partial charge in [0.1, 0.15) is 19.8 Å². The van der Waals surface area contributed by atoms with Gasteiger partial charge in [0.2, 0.25) is 0 Å². The highest BCUT2D eigenvalue weighted by Crippen LogP contribution is 2.42. The molecule has 3 nitrogen and oxygen atoms in total. The Balaban J connectivity index is 0.00000121. The Labute approximate surface area is 149 Å². The van der Waals surface area contributed by atoms with Gasteiger partial charge in [-0.1, -0.05) is 17.8 Å². The van der Waals surface area contributed by atoms with Crippen LogP contribution >= 0.6 is 11.8 Å². The Kier molecular flexibility index (Phi) is 6.56. The molecule has 0 aromatic heterocycles. The van der Waals surface area contributed by atoms with Gasteiger partial charge in [-0.25, -0.2) is 4.58 Å². The highest BCUT2D eigenvalue weighted by molar-refractivity contribution is 8.03. The molecule has 0 radical (unpaired) electrons. The summed E-state index contributed by atoms with van der Waals surface area (Å²) in [6.07, 6.45) is 6.71. The van der Waals surface area contributed by atoms with E-state index in [-0.39, 0.29) is 24.8 Å². The van der Waals surface area contributed by atoms with Gasteiger partial charge in [0, 0.05) is 39.8 Å². The van der Waals surface area contributed by atoms with Crippen molar-refractivity contribution in [3.63, 3.8) is 0 Å². The largest absolute Gasteiger partial charge is 1.00 e. The number of hydrogen-bond acceptors (Lipinski definition) is 2. The van der Waals surface area contributed by atoms with E-state index in [1.165, 1.54) is 31.8 Å². The summed E-state index contributed by atoms with van der Waals surface area (Å²) in [4.78, 5) is 4.04. The fourth-order valence-corrected chi connectivity index (χ4v) is 3.52. The average molecular weight is 358 g/mol. The van der Waals surface area contributed by atoms with E-state index < -0.39 is 0 Å². The first-order chi connectivity index (χ1) is 9.54. The van der Waals surface area contributed by atoms with Crippen molar-refractivity contribution in [1.82, 2.24) is 0 Å². The minimum absolute atomic E-state index is 0. The second-order valence-corrected chi connectivity index (χ2v) is 6.78. The van der Waals surface area contributed by atoms with Crippen molar-refractivity contribution in [2.45, 2.75) is 10.9 Å². The van der Waals surface area contributed by atoms with Crippen molar-refractivity contribution in [3.05, 3.63) is 41.3 Å². The Morgan fingerprint density at radius 1 is 1.18 bits per heavy atom. The van der Waals surface area contributed by atoms with E-state index in [1.807, 2.05) is 11.8 Å². The molecule has 6 heteroatoms. The smallest absolute Gasteiger partial charge is 0.200 e. The number of anilines is 1. The molecule has 0 amide bonds. The zero-order chi connectivity index (χ0) is 14.3. The molecule has 1 aromatic carbocycles. The van der Waals surface area contributed by atoms with Gasteiger partial charge in [-0.3, -0.25) is 0 Å². The first-order valence-electron chi connectivity index (χ1n) is 6.87. The van der Waals surface area contributed by atoms with Crippen LogP contribution in [0.5, 0.6) is 0 Å². The molecule has 22 heavy (non-hydrogen) atoms. The summed E-state index contributed by atoms with van der Waals surface area (Å²) in [6, 6.07) is 6.99. The lowest BCUT2D eigenvalue weighted by atomic mass is 10.1. The lowest BCUT2D eigenvalue weighted by Gasteiger charge is -2.28. The third kappa shape index (κ3) is 3.69.